The van der Waals surface area contributed by atoms with Crippen molar-refractivity contribution in [2.45, 2.75) is 96.0 Å². The van der Waals surface area contributed by atoms with Gasteiger partial charge < -0.3 is 42.6 Å². The maximum absolute atomic E-state index is 12.1. The minimum absolute atomic E-state index is 0.256. The summed E-state index contributed by atoms with van der Waals surface area (Å²) in [6.45, 7) is 5.79. The number of ether oxygens (including phenoxy) is 9. The molecule has 0 saturated carbocycles. The van der Waals surface area contributed by atoms with Crippen LogP contribution in [-0.4, -0.2) is 107 Å². The minimum Gasteiger partial charge on any atom is -0.456 e. The van der Waals surface area contributed by atoms with Gasteiger partial charge in [0.2, 0.25) is 0 Å². The zero-order valence-corrected chi connectivity index (χ0v) is 26.5. The first-order valence-corrected chi connectivity index (χ1v) is 14.8. The van der Waals surface area contributed by atoms with E-state index in [0.29, 0.717) is 4.43 Å². The van der Waals surface area contributed by atoms with Gasteiger partial charge >= 0.3 is 29.8 Å². The Hall–Kier alpha value is -1.35. The Labute approximate surface area is 252 Å². The zero-order valence-electron chi connectivity index (χ0n) is 22.2. The van der Waals surface area contributed by atoms with E-state index in [9.17, 15) is 24.0 Å². The first-order valence-electron chi connectivity index (χ1n) is 11.8. The van der Waals surface area contributed by atoms with E-state index in [0.717, 1.165) is 13.8 Å². The third-order valence-corrected chi connectivity index (χ3v) is 7.26. The minimum atomic E-state index is -1.42. The van der Waals surface area contributed by atoms with Crippen molar-refractivity contribution < 1.29 is 66.6 Å². The smallest absolute Gasteiger partial charge is 0.303 e. The molecule has 0 N–H and O–H groups in total. The quantitative estimate of drug-likeness (QED) is 0.133. The van der Waals surface area contributed by atoms with Gasteiger partial charge in [-0.05, 0) is 0 Å². The lowest BCUT2D eigenvalue weighted by atomic mass is 9.96. The Bertz CT molecular complexity index is 900. The fourth-order valence-corrected chi connectivity index (χ4v) is 5.66. The van der Waals surface area contributed by atoms with Crippen molar-refractivity contribution in [1.82, 2.24) is 0 Å². The predicted molar refractivity (Wildman–Crippen MR) is 145 cm³/mol. The zero-order chi connectivity index (χ0) is 29.4. The normalized spacial score (nSPS) is 34.4. The summed E-state index contributed by atoms with van der Waals surface area (Å²) in [5, 5.41) is 0. The van der Waals surface area contributed by atoms with Crippen molar-refractivity contribution in [2.75, 3.05) is 16.0 Å². The molecule has 2 rings (SSSR count). The van der Waals surface area contributed by atoms with Crippen molar-refractivity contribution in [1.29, 1.82) is 0 Å². The average molecular weight is 786 g/mol. The van der Waals surface area contributed by atoms with Crippen LogP contribution >= 0.6 is 45.2 Å². The van der Waals surface area contributed by atoms with Gasteiger partial charge in [0, 0.05) is 50.6 Å². The molecule has 10 atom stereocenters. The highest BCUT2D eigenvalue weighted by molar-refractivity contribution is 14.1. The molecule has 0 radical (unpaired) electrons. The van der Waals surface area contributed by atoms with Crippen LogP contribution in [0.4, 0.5) is 0 Å². The predicted octanol–water partition coefficient (Wildman–Crippen LogP) is 0.996. The van der Waals surface area contributed by atoms with Crippen molar-refractivity contribution in [3.05, 3.63) is 0 Å². The van der Waals surface area contributed by atoms with Crippen LogP contribution in [0.25, 0.3) is 0 Å². The highest BCUT2D eigenvalue weighted by atomic mass is 127. The van der Waals surface area contributed by atoms with E-state index in [1.807, 2.05) is 45.2 Å². The molecule has 2 aliphatic heterocycles. The number of rotatable bonds is 10. The largest absolute Gasteiger partial charge is 0.456 e. The summed E-state index contributed by atoms with van der Waals surface area (Å²) >= 11 is 4.02. The number of hydrogen-bond donors (Lipinski definition) is 0. The maximum atomic E-state index is 12.1. The lowest BCUT2D eigenvalue weighted by Gasteiger charge is -2.48. The summed E-state index contributed by atoms with van der Waals surface area (Å²) in [6.07, 6.45) is -11.6. The van der Waals surface area contributed by atoms with Crippen molar-refractivity contribution in [3.8, 4) is 0 Å². The van der Waals surface area contributed by atoms with E-state index in [1.54, 1.807) is 0 Å². The summed E-state index contributed by atoms with van der Waals surface area (Å²) < 4.78 is 51.5. The van der Waals surface area contributed by atoms with Gasteiger partial charge in [-0.1, -0.05) is 45.2 Å². The molecule has 4 unspecified atom stereocenters. The molecule has 0 aromatic heterocycles. The van der Waals surface area contributed by atoms with Crippen molar-refractivity contribution in [2.24, 2.45) is 0 Å². The van der Waals surface area contributed by atoms with Crippen LogP contribution in [0.5, 0.6) is 0 Å². The van der Waals surface area contributed by atoms with Crippen LogP contribution < -0.4 is 0 Å². The van der Waals surface area contributed by atoms with Gasteiger partial charge in [0.05, 0.1) is 6.10 Å². The molecule has 2 fully saturated rings. The molecule has 39 heavy (non-hydrogen) atoms. The number of esters is 5. The number of halogens is 2. The standard InChI is InChI=1S/C23H32I2O14/c1-9(26)32-16-14(7-24)38-23(21(36-13(5)30)18(16)33-10(2)27)39-17-15(8-25)37-22(31-6)20(35-12(4)29)19(17)34-11(3)28/h14-23H,7-8H2,1-6H3/t14?,15?,16-,17-,18?,19+,20?,21+,22-,23-/m1/s1. The summed E-state index contributed by atoms with van der Waals surface area (Å²) in [6, 6.07) is 0. The number of carbonyl (C=O) groups excluding carboxylic acids is 5. The molecule has 222 valence electrons. The number of carbonyl (C=O) groups is 5. The van der Waals surface area contributed by atoms with Crippen LogP contribution in [0, 0.1) is 0 Å². The molecule has 2 aliphatic rings. The van der Waals surface area contributed by atoms with Gasteiger partial charge in [-0.3, -0.25) is 24.0 Å². The lowest BCUT2D eigenvalue weighted by Crippen LogP contribution is -2.66. The summed E-state index contributed by atoms with van der Waals surface area (Å²) in [7, 11) is 1.34. The first-order chi connectivity index (χ1) is 18.3. The molecule has 14 nitrogen and oxygen atoms in total. The van der Waals surface area contributed by atoms with Crippen molar-refractivity contribution in [3.63, 3.8) is 0 Å². The third-order valence-electron chi connectivity index (χ3n) is 5.52. The topological polar surface area (TPSA) is 168 Å². The molecule has 2 heterocycles. The lowest BCUT2D eigenvalue weighted by molar-refractivity contribution is -0.350. The maximum Gasteiger partial charge on any atom is 0.303 e. The average Bonchev–Trinajstić information content (AvgIpc) is 2.83. The Morgan fingerprint density at radius 3 is 1.28 bits per heavy atom. The van der Waals surface area contributed by atoms with Gasteiger partial charge in [-0.25, -0.2) is 0 Å². The van der Waals surface area contributed by atoms with Crippen LogP contribution in [0.15, 0.2) is 0 Å². The molecule has 0 aromatic rings. The second kappa shape index (κ2) is 15.6. The van der Waals surface area contributed by atoms with Gasteiger partial charge in [-0.15, -0.1) is 0 Å². The number of methoxy groups -OCH3 is 1. The Kier molecular flexibility index (Phi) is 13.5. The van der Waals surface area contributed by atoms with E-state index >= 15 is 0 Å². The molecule has 0 aromatic carbocycles. The van der Waals surface area contributed by atoms with Crippen molar-refractivity contribution >= 4 is 75.0 Å². The molecule has 0 aliphatic carbocycles. The van der Waals surface area contributed by atoms with Crippen LogP contribution in [0.1, 0.15) is 34.6 Å². The van der Waals surface area contributed by atoms with Gasteiger partial charge in [0.25, 0.3) is 0 Å². The first kappa shape index (κ1) is 33.9. The molecule has 16 heteroatoms. The summed E-state index contributed by atoms with van der Waals surface area (Å²) in [4.78, 5) is 60.0. The van der Waals surface area contributed by atoms with E-state index in [2.05, 4.69) is 0 Å². The Morgan fingerprint density at radius 2 is 0.872 bits per heavy atom. The van der Waals surface area contributed by atoms with Gasteiger partial charge in [0.15, 0.2) is 43.1 Å². The Morgan fingerprint density at radius 1 is 0.538 bits per heavy atom. The molecule has 0 bridgehead atoms. The third kappa shape index (κ3) is 9.34. The summed E-state index contributed by atoms with van der Waals surface area (Å²) in [5.74, 6) is -3.56. The fraction of sp³-hybridized carbons (Fsp3) is 0.783. The molecule has 2 saturated heterocycles. The fourth-order valence-electron chi connectivity index (χ4n) is 4.24. The van der Waals surface area contributed by atoms with E-state index in [1.165, 1.54) is 27.9 Å². The second-order valence-corrected chi connectivity index (χ2v) is 10.4. The van der Waals surface area contributed by atoms with E-state index < -0.39 is 91.3 Å². The number of hydrogen-bond acceptors (Lipinski definition) is 14. The van der Waals surface area contributed by atoms with Crippen LogP contribution in [0.2, 0.25) is 0 Å². The van der Waals surface area contributed by atoms with Crippen LogP contribution in [0.3, 0.4) is 0 Å². The van der Waals surface area contributed by atoms with E-state index in [-0.39, 0.29) is 4.43 Å². The Balaban J connectivity index is 2.56. The molecule has 0 spiro atoms. The number of alkyl halides is 2. The van der Waals surface area contributed by atoms with Gasteiger partial charge in [0.1, 0.15) is 12.2 Å². The van der Waals surface area contributed by atoms with Gasteiger partial charge in [-0.2, -0.15) is 0 Å². The molecule has 0 amide bonds. The SMILES string of the molecule is CO[C@@H]1OC(CI)[C@@H](O[C@H]2OC(CI)[C@@H](OC(C)=O)C(OC(C)=O)[C@@H]2OC(C)=O)[C@H](OC(C)=O)C1OC(C)=O. The molecular weight excluding hydrogens is 754 g/mol. The highest BCUT2D eigenvalue weighted by Crippen LogP contribution is 2.35. The second-order valence-electron chi connectivity index (χ2n) is 8.60. The van der Waals surface area contributed by atoms with E-state index in [4.69, 9.17) is 42.6 Å². The summed E-state index contributed by atoms with van der Waals surface area (Å²) in [5.41, 5.74) is 0. The monoisotopic (exact) mass is 786 g/mol. The molecular formula is C23H32I2O14. The highest BCUT2D eigenvalue weighted by Gasteiger charge is 2.56. The van der Waals surface area contributed by atoms with Crippen LogP contribution in [-0.2, 0) is 66.6 Å².